The van der Waals surface area contributed by atoms with Gasteiger partial charge in [-0.05, 0) is 6.08 Å². The molecule has 4 nitrogen and oxygen atoms in total. The Morgan fingerprint density at radius 1 is 1.88 bits per heavy atom. The first kappa shape index (κ1) is 5.11. The minimum absolute atomic E-state index is 0.104. The first-order chi connectivity index (χ1) is 3.80. The van der Waals surface area contributed by atoms with Crippen molar-refractivity contribution in [2.24, 2.45) is 4.99 Å². The zero-order valence-corrected chi connectivity index (χ0v) is 4.20. The van der Waals surface area contributed by atoms with E-state index >= 15 is 0 Å². The molecule has 0 amide bonds. The highest BCUT2D eigenvalue weighted by molar-refractivity contribution is 5.77. The number of hydrogen-bond donors (Lipinski definition) is 1. The second-order valence-corrected chi connectivity index (χ2v) is 1.42. The van der Waals surface area contributed by atoms with Crippen LogP contribution in [0.25, 0.3) is 0 Å². The molecule has 0 saturated heterocycles. The highest BCUT2D eigenvalue weighted by Crippen LogP contribution is 1.91. The van der Waals surface area contributed by atoms with E-state index in [-0.39, 0.29) is 5.96 Å². The Morgan fingerprint density at radius 2 is 2.62 bits per heavy atom. The van der Waals surface area contributed by atoms with E-state index in [2.05, 4.69) is 4.99 Å². The van der Waals surface area contributed by atoms with Crippen molar-refractivity contribution in [1.82, 2.24) is 10.8 Å². The van der Waals surface area contributed by atoms with Gasteiger partial charge in [-0.2, -0.15) is 0 Å². The summed E-state index contributed by atoms with van der Waals surface area (Å²) in [7, 11) is 0. The number of rotatable bonds is 0. The molecule has 1 aliphatic heterocycles. The molecule has 0 aromatic carbocycles. The first-order valence-corrected chi connectivity index (χ1v) is 2.21. The van der Waals surface area contributed by atoms with Gasteiger partial charge in [-0.15, -0.1) is 0 Å². The summed E-state index contributed by atoms with van der Waals surface area (Å²) in [6, 6.07) is 0. The molecular formula is C4H6N3O. The van der Waals surface area contributed by atoms with Crippen molar-refractivity contribution in [3.05, 3.63) is 12.3 Å². The van der Waals surface area contributed by atoms with Gasteiger partial charge >= 0.3 is 0 Å². The fourth-order valence-electron chi connectivity index (χ4n) is 0.423. The maximum Gasteiger partial charge on any atom is 0.242 e. The molecule has 0 fully saturated rings. The fourth-order valence-corrected chi connectivity index (χ4v) is 0.423. The van der Waals surface area contributed by atoms with Gasteiger partial charge in [0.2, 0.25) is 5.96 Å². The highest BCUT2D eigenvalue weighted by atomic mass is 16.5. The van der Waals surface area contributed by atoms with Gasteiger partial charge < -0.3 is 0 Å². The van der Waals surface area contributed by atoms with Crippen LogP contribution in [0.1, 0.15) is 0 Å². The molecule has 0 aromatic rings. The number of nitrogens with zero attached hydrogens (tertiary/aromatic N) is 2. The molecule has 0 bridgehead atoms. The fraction of sp³-hybridized carbons (Fsp3) is 0.250. The number of aliphatic imine (C=N–C) groups is 1. The lowest BCUT2D eigenvalue weighted by atomic mass is 10.5. The SMILES string of the molecule is [NH]C1=NC=CCN1O. The Hall–Kier alpha value is -1.03. The largest absolute Gasteiger partial charge is 0.285 e. The van der Waals surface area contributed by atoms with Crippen molar-refractivity contribution < 1.29 is 5.21 Å². The molecule has 8 heavy (non-hydrogen) atoms. The molecule has 0 aliphatic carbocycles. The molecule has 0 aromatic heterocycles. The van der Waals surface area contributed by atoms with Crippen molar-refractivity contribution in [2.75, 3.05) is 6.54 Å². The lowest BCUT2D eigenvalue weighted by Crippen LogP contribution is -2.29. The summed E-state index contributed by atoms with van der Waals surface area (Å²) in [5.41, 5.74) is 6.85. The number of guanidine groups is 1. The zero-order valence-electron chi connectivity index (χ0n) is 4.20. The molecule has 0 unspecified atom stereocenters. The number of hydroxylamine groups is 2. The normalized spacial score (nSPS) is 18.6. The Balaban J connectivity index is 2.66. The van der Waals surface area contributed by atoms with E-state index in [0.717, 1.165) is 5.06 Å². The van der Waals surface area contributed by atoms with Crippen molar-refractivity contribution in [1.29, 1.82) is 0 Å². The van der Waals surface area contributed by atoms with Gasteiger partial charge in [0.25, 0.3) is 0 Å². The van der Waals surface area contributed by atoms with Crippen LogP contribution in [0.2, 0.25) is 0 Å². The average molecular weight is 112 g/mol. The van der Waals surface area contributed by atoms with E-state index in [1.165, 1.54) is 6.20 Å². The molecule has 1 aliphatic rings. The van der Waals surface area contributed by atoms with Crippen LogP contribution in [0.3, 0.4) is 0 Å². The molecule has 4 heteroatoms. The second kappa shape index (κ2) is 1.83. The van der Waals surface area contributed by atoms with E-state index in [4.69, 9.17) is 10.9 Å². The highest BCUT2D eigenvalue weighted by Gasteiger charge is 2.03. The van der Waals surface area contributed by atoms with Crippen molar-refractivity contribution >= 4 is 5.96 Å². The maximum absolute atomic E-state index is 8.64. The molecule has 1 rings (SSSR count). The molecule has 2 N–H and O–H groups in total. The Kier molecular flexibility index (Phi) is 1.17. The van der Waals surface area contributed by atoms with Crippen LogP contribution < -0.4 is 5.73 Å². The van der Waals surface area contributed by atoms with E-state index in [0.29, 0.717) is 6.54 Å². The standard InChI is InChI=1S/C4H6N3O/c5-4-6-2-1-3-7(4)8/h1-2,5,8H,3H2. The van der Waals surface area contributed by atoms with E-state index in [9.17, 15) is 0 Å². The third kappa shape index (κ3) is 0.788. The molecule has 0 atom stereocenters. The van der Waals surface area contributed by atoms with Gasteiger partial charge in [0, 0.05) is 6.20 Å². The maximum atomic E-state index is 8.64. The summed E-state index contributed by atoms with van der Waals surface area (Å²) < 4.78 is 0. The van der Waals surface area contributed by atoms with Crippen molar-refractivity contribution in [3.63, 3.8) is 0 Å². The van der Waals surface area contributed by atoms with Gasteiger partial charge in [0.05, 0.1) is 6.54 Å². The van der Waals surface area contributed by atoms with Crippen LogP contribution in [-0.4, -0.2) is 22.8 Å². The van der Waals surface area contributed by atoms with Crippen LogP contribution in [0.15, 0.2) is 17.3 Å². The minimum Gasteiger partial charge on any atom is -0.285 e. The monoisotopic (exact) mass is 112 g/mol. The van der Waals surface area contributed by atoms with Gasteiger partial charge in [0.1, 0.15) is 0 Å². The van der Waals surface area contributed by atoms with Gasteiger partial charge in [0.15, 0.2) is 0 Å². The molecule has 0 spiro atoms. The number of nitrogens with one attached hydrogen (secondary N) is 1. The van der Waals surface area contributed by atoms with Crippen LogP contribution in [0, 0.1) is 0 Å². The third-order valence-corrected chi connectivity index (χ3v) is 0.825. The summed E-state index contributed by atoms with van der Waals surface area (Å²) >= 11 is 0. The molecule has 1 heterocycles. The molecule has 43 valence electrons. The summed E-state index contributed by atoms with van der Waals surface area (Å²) in [5.74, 6) is -0.104. The van der Waals surface area contributed by atoms with Crippen molar-refractivity contribution in [3.8, 4) is 0 Å². The minimum atomic E-state index is -0.104. The van der Waals surface area contributed by atoms with E-state index < -0.39 is 0 Å². The van der Waals surface area contributed by atoms with Gasteiger partial charge in [-0.3, -0.25) is 10.9 Å². The lowest BCUT2D eigenvalue weighted by molar-refractivity contribution is -0.00620. The number of hydrogen-bond acceptors (Lipinski definition) is 3. The molecule has 0 saturated carbocycles. The van der Waals surface area contributed by atoms with Gasteiger partial charge in [-0.1, -0.05) is 0 Å². The zero-order chi connectivity index (χ0) is 5.98. The van der Waals surface area contributed by atoms with E-state index in [1.807, 2.05) is 0 Å². The lowest BCUT2D eigenvalue weighted by Gasteiger charge is -2.13. The summed E-state index contributed by atoms with van der Waals surface area (Å²) in [6.07, 6.45) is 3.16. The Morgan fingerprint density at radius 3 is 3.00 bits per heavy atom. The van der Waals surface area contributed by atoms with Crippen molar-refractivity contribution in [2.45, 2.75) is 0 Å². The first-order valence-electron chi connectivity index (χ1n) is 2.21. The summed E-state index contributed by atoms with van der Waals surface area (Å²) in [5, 5.41) is 9.41. The third-order valence-electron chi connectivity index (χ3n) is 0.825. The van der Waals surface area contributed by atoms with Crippen LogP contribution in [0.5, 0.6) is 0 Å². The Bertz CT molecular complexity index is 140. The second-order valence-electron chi connectivity index (χ2n) is 1.42. The molecule has 1 radical (unpaired) electrons. The summed E-state index contributed by atoms with van der Waals surface area (Å²) in [4.78, 5) is 3.49. The predicted molar refractivity (Wildman–Crippen MR) is 28.2 cm³/mol. The average Bonchev–Trinajstić information content (AvgIpc) is 1.77. The smallest absolute Gasteiger partial charge is 0.242 e. The molecular weight excluding hydrogens is 106 g/mol. The van der Waals surface area contributed by atoms with Crippen LogP contribution >= 0.6 is 0 Å². The van der Waals surface area contributed by atoms with Crippen LogP contribution in [0.4, 0.5) is 0 Å². The van der Waals surface area contributed by atoms with Crippen LogP contribution in [-0.2, 0) is 0 Å². The topological polar surface area (TPSA) is 59.6 Å². The Labute approximate surface area is 46.9 Å². The quantitative estimate of drug-likeness (QED) is 0.473. The van der Waals surface area contributed by atoms with Gasteiger partial charge in [-0.25, -0.2) is 10.1 Å². The predicted octanol–water partition coefficient (Wildman–Crippen LogP) is -0.156. The summed E-state index contributed by atoms with van der Waals surface area (Å²) in [6.45, 7) is 0.363. The van der Waals surface area contributed by atoms with E-state index in [1.54, 1.807) is 6.08 Å².